The van der Waals surface area contributed by atoms with E-state index in [1.807, 2.05) is 0 Å². The van der Waals surface area contributed by atoms with Gasteiger partial charge in [-0.1, -0.05) is 29.3 Å². The van der Waals surface area contributed by atoms with Crippen molar-refractivity contribution in [2.45, 2.75) is 29.7 Å². The van der Waals surface area contributed by atoms with Gasteiger partial charge in [0.2, 0.25) is 15.9 Å². The number of alkyl halides is 1. The molecule has 0 bridgehead atoms. The second kappa shape index (κ2) is 8.49. The van der Waals surface area contributed by atoms with Crippen LogP contribution in [0.4, 0.5) is 11.4 Å². The van der Waals surface area contributed by atoms with E-state index in [9.17, 15) is 13.2 Å². The first kappa shape index (κ1) is 21.9. The summed E-state index contributed by atoms with van der Waals surface area (Å²) in [5.41, 5.74) is 1.00. The second-order valence-electron chi connectivity index (χ2n) is 6.45. The summed E-state index contributed by atoms with van der Waals surface area (Å²) < 4.78 is 24.3. The maximum atomic E-state index is 12.4. The maximum Gasteiger partial charge on any atom is 0.240 e. The lowest BCUT2D eigenvalue weighted by molar-refractivity contribution is -0.115. The fraction of sp³-hybridized carbons (Fsp3) is 0.222. The minimum absolute atomic E-state index is 0.0770. The first-order valence-corrected chi connectivity index (χ1v) is 11.2. The Bertz CT molecular complexity index is 1070. The van der Waals surface area contributed by atoms with Gasteiger partial charge in [-0.2, -0.15) is 5.10 Å². The van der Waals surface area contributed by atoms with E-state index in [0.29, 0.717) is 15.6 Å². The number of nitrogens with one attached hydrogen (secondary N) is 1. The molecule has 3 rings (SSSR count). The number of rotatable bonds is 5. The Kier molecular flexibility index (Phi) is 6.40. The smallest absolute Gasteiger partial charge is 0.240 e. The lowest BCUT2D eigenvalue weighted by atomic mass is 10.1. The number of halogens is 3. The Morgan fingerprint density at radius 3 is 2.45 bits per heavy atom. The van der Waals surface area contributed by atoms with Crippen molar-refractivity contribution in [2.24, 2.45) is 10.2 Å². The highest BCUT2D eigenvalue weighted by Crippen LogP contribution is 2.33. The summed E-state index contributed by atoms with van der Waals surface area (Å²) in [5.74, 6) is -0.415. The molecule has 0 aromatic heterocycles. The quantitative estimate of drug-likeness (QED) is 0.644. The van der Waals surface area contributed by atoms with Crippen molar-refractivity contribution in [2.75, 3.05) is 10.3 Å². The van der Waals surface area contributed by atoms with Gasteiger partial charge in [0.05, 0.1) is 23.5 Å². The third kappa shape index (κ3) is 4.84. The highest BCUT2D eigenvalue weighted by atomic mass is 35.5. The van der Waals surface area contributed by atoms with E-state index in [0.717, 1.165) is 0 Å². The molecule has 154 valence electrons. The van der Waals surface area contributed by atoms with Crippen LogP contribution in [0.5, 0.6) is 0 Å². The highest BCUT2D eigenvalue weighted by Gasteiger charge is 2.30. The zero-order chi connectivity index (χ0) is 21.3. The van der Waals surface area contributed by atoms with Gasteiger partial charge in [0, 0.05) is 21.9 Å². The second-order valence-corrected chi connectivity index (χ2v) is 9.30. The summed E-state index contributed by atoms with van der Waals surface area (Å²) in [4.78, 5) is 12.2. The average Bonchev–Trinajstić information content (AvgIpc) is 2.96. The molecule has 2 atom stereocenters. The van der Waals surface area contributed by atoms with E-state index in [1.165, 1.54) is 23.4 Å². The Morgan fingerprint density at radius 1 is 1.24 bits per heavy atom. The van der Waals surface area contributed by atoms with E-state index < -0.39 is 15.9 Å². The lowest BCUT2D eigenvalue weighted by Crippen LogP contribution is -2.31. The lowest BCUT2D eigenvalue weighted by Gasteiger charge is -2.24. The molecule has 0 aliphatic carbocycles. The zero-order valence-electron chi connectivity index (χ0n) is 15.1. The van der Waals surface area contributed by atoms with Gasteiger partial charge in [0.25, 0.3) is 0 Å². The molecule has 3 N–H and O–H groups in total. The third-order valence-electron chi connectivity index (χ3n) is 4.38. The van der Waals surface area contributed by atoms with Gasteiger partial charge >= 0.3 is 0 Å². The Balaban J connectivity index is 1.88. The molecule has 0 spiro atoms. The van der Waals surface area contributed by atoms with Gasteiger partial charge in [-0.15, -0.1) is 11.6 Å². The number of carbonyl (C=O) groups is 1. The zero-order valence-corrected chi connectivity index (χ0v) is 18.2. The SMILES string of the molecule is CC1C(Cl)C=NN1c1ccc(NC(=O)Cc2c(Cl)cccc2Cl)cc1S(N)(=O)=O. The molecule has 1 aliphatic rings. The highest BCUT2D eigenvalue weighted by molar-refractivity contribution is 7.89. The van der Waals surface area contributed by atoms with E-state index in [4.69, 9.17) is 39.9 Å². The van der Waals surface area contributed by atoms with Crippen molar-refractivity contribution in [3.05, 3.63) is 52.0 Å². The number of nitrogens with two attached hydrogens (primary N) is 1. The van der Waals surface area contributed by atoms with Gasteiger partial charge in [0.15, 0.2) is 0 Å². The van der Waals surface area contributed by atoms with E-state index in [2.05, 4.69) is 10.4 Å². The summed E-state index contributed by atoms with van der Waals surface area (Å²) in [6, 6.07) is 9.02. The molecule has 2 unspecified atom stereocenters. The number of nitrogens with zero attached hydrogens (tertiary/aromatic N) is 2. The van der Waals surface area contributed by atoms with Crippen molar-refractivity contribution < 1.29 is 13.2 Å². The van der Waals surface area contributed by atoms with Gasteiger partial charge in [0.1, 0.15) is 4.90 Å². The largest absolute Gasteiger partial charge is 0.326 e. The van der Waals surface area contributed by atoms with Crippen LogP contribution in [0.3, 0.4) is 0 Å². The summed E-state index contributed by atoms with van der Waals surface area (Å²) in [6.45, 7) is 1.81. The summed E-state index contributed by atoms with van der Waals surface area (Å²) in [5, 5.41) is 14.0. The van der Waals surface area contributed by atoms with E-state index >= 15 is 0 Å². The molecule has 11 heteroatoms. The van der Waals surface area contributed by atoms with Crippen molar-refractivity contribution >= 4 is 68.3 Å². The minimum atomic E-state index is -4.09. The molecule has 1 heterocycles. The first-order valence-electron chi connectivity index (χ1n) is 8.45. The molecule has 2 aromatic rings. The van der Waals surface area contributed by atoms with Gasteiger partial charge in [-0.3, -0.25) is 9.80 Å². The number of hydrogen-bond acceptors (Lipinski definition) is 5. The van der Waals surface area contributed by atoms with Crippen LogP contribution in [0.25, 0.3) is 0 Å². The van der Waals surface area contributed by atoms with Crippen LogP contribution in [-0.2, 0) is 21.2 Å². The van der Waals surface area contributed by atoms with E-state index in [-0.39, 0.29) is 34.1 Å². The molecule has 1 amide bonds. The molecule has 0 saturated heterocycles. The molecule has 1 aliphatic heterocycles. The normalized spacial score (nSPS) is 18.9. The molecule has 7 nitrogen and oxygen atoms in total. The van der Waals surface area contributed by atoms with E-state index in [1.54, 1.807) is 31.2 Å². The summed E-state index contributed by atoms with van der Waals surface area (Å²) in [6.07, 6.45) is 1.44. The van der Waals surface area contributed by atoms with Gasteiger partial charge < -0.3 is 5.32 Å². The van der Waals surface area contributed by atoms with Gasteiger partial charge in [-0.25, -0.2) is 13.6 Å². The van der Waals surface area contributed by atoms with Crippen LogP contribution in [-0.4, -0.2) is 32.0 Å². The number of sulfonamides is 1. The number of carbonyl (C=O) groups excluding carboxylic acids is 1. The molecule has 2 aromatic carbocycles. The molecule has 0 saturated carbocycles. The Hall–Kier alpha value is -1.84. The van der Waals surface area contributed by atoms with Crippen LogP contribution in [0.1, 0.15) is 12.5 Å². The number of primary sulfonamides is 1. The molecule has 0 fully saturated rings. The standard InChI is InChI=1S/C18H17Cl3N4O3S/c1-10-15(21)9-23-25(10)16-6-5-11(7-17(16)29(22,27)28)24-18(26)8-12-13(19)3-2-4-14(12)20/h2-7,9-10,15H,8H2,1H3,(H,24,26)(H2,22,27,28). The summed E-state index contributed by atoms with van der Waals surface area (Å²) in [7, 11) is -4.09. The van der Waals surface area contributed by atoms with Crippen LogP contribution >= 0.6 is 34.8 Å². The minimum Gasteiger partial charge on any atom is -0.326 e. The third-order valence-corrected chi connectivity index (χ3v) is 6.50. The Morgan fingerprint density at radius 2 is 1.90 bits per heavy atom. The molecular formula is C18H17Cl3N4O3S. The molecular weight excluding hydrogens is 459 g/mol. The number of hydrazone groups is 1. The predicted octanol–water partition coefficient (Wildman–Crippen LogP) is 3.62. The van der Waals surface area contributed by atoms with Crippen molar-refractivity contribution in [1.82, 2.24) is 0 Å². The average molecular weight is 476 g/mol. The maximum absolute atomic E-state index is 12.4. The van der Waals surface area contributed by atoms with Crippen molar-refractivity contribution in [3.8, 4) is 0 Å². The monoisotopic (exact) mass is 474 g/mol. The number of anilines is 2. The Labute approximate surface area is 183 Å². The van der Waals surface area contributed by atoms with Crippen LogP contribution < -0.4 is 15.5 Å². The summed E-state index contributed by atoms with van der Waals surface area (Å²) >= 11 is 18.3. The van der Waals surface area contributed by atoms with Crippen LogP contribution in [0.2, 0.25) is 10.0 Å². The van der Waals surface area contributed by atoms with Crippen molar-refractivity contribution in [1.29, 1.82) is 0 Å². The topological polar surface area (TPSA) is 105 Å². The predicted molar refractivity (Wildman–Crippen MR) is 117 cm³/mol. The first-order chi connectivity index (χ1) is 13.6. The number of amides is 1. The van der Waals surface area contributed by atoms with Gasteiger partial charge in [-0.05, 0) is 42.8 Å². The fourth-order valence-corrected chi connectivity index (χ4v) is 4.29. The molecule has 29 heavy (non-hydrogen) atoms. The fourth-order valence-electron chi connectivity index (χ4n) is 2.86. The number of hydrogen-bond donors (Lipinski definition) is 2. The van der Waals surface area contributed by atoms with Crippen molar-refractivity contribution in [3.63, 3.8) is 0 Å². The molecule has 0 radical (unpaired) electrons. The number of benzene rings is 2. The van der Waals surface area contributed by atoms with Crippen LogP contribution in [0.15, 0.2) is 46.4 Å². The van der Waals surface area contributed by atoms with Crippen LogP contribution in [0, 0.1) is 0 Å².